The lowest BCUT2D eigenvalue weighted by atomic mass is 9.95. The third kappa shape index (κ3) is 41.5. The minimum atomic E-state index is 0.0861. The Labute approximate surface area is 473 Å². The summed E-state index contributed by atoms with van der Waals surface area (Å²) in [5.41, 5.74) is 5.51. The molecule has 4 atom stereocenters. The summed E-state index contributed by atoms with van der Waals surface area (Å²) in [5.74, 6) is 1.56. The van der Waals surface area contributed by atoms with Crippen molar-refractivity contribution in [3.8, 4) is 0 Å². The maximum atomic E-state index is 6.03. The van der Waals surface area contributed by atoms with Crippen LogP contribution >= 0.6 is 0 Å². The summed E-state index contributed by atoms with van der Waals surface area (Å²) in [7, 11) is 0. The molecule has 0 spiro atoms. The molecule has 6 N–H and O–H groups in total. The van der Waals surface area contributed by atoms with Crippen molar-refractivity contribution in [3.63, 3.8) is 0 Å². The van der Waals surface area contributed by atoms with E-state index in [4.69, 9.17) is 4.74 Å². The number of hydrogen-bond donors (Lipinski definition) is 6. The smallest absolute Gasteiger partial charge is 0.128 e. The number of hydrogen-bond acceptors (Lipinski definition) is 7. The van der Waals surface area contributed by atoms with Crippen molar-refractivity contribution >= 4 is 11.4 Å². The molecule has 0 aliphatic carbocycles. The third-order valence-electron chi connectivity index (χ3n) is 16.1. The molecule has 7 nitrogen and oxygen atoms in total. The first-order valence-electron chi connectivity index (χ1n) is 33.2. The molecule has 0 radical (unpaired) electrons. The summed E-state index contributed by atoms with van der Waals surface area (Å²) in [5, 5.41) is 22.2. The van der Waals surface area contributed by atoms with Gasteiger partial charge in [0, 0.05) is 36.5 Å². The Bertz CT molecular complexity index is 1390. The van der Waals surface area contributed by atoms with Crippen LogP contribution in [0.25, 0.3) is 0 Å². The van der Waals surface area contributed by atoms with E-state index >= 15 is 0 Å². The van der Waals surface area contributed by atoms with Gasteiger partial charge in [-0.15, -0.1) is 0 Å². The van der Waals surface area contributed by atoms with E-state index in [9.17, 15) is 0 Å². The van der Waals surface area contributed by atoms with E-state index in [1.54, 1.807) is 6.26 Å². The van der Waals surface area contributed by atoms with Crippen LogP contribution in [0.3, 0.4) is 0 Å². The summed E-state index contributed by atoms with van der Waals surface area (Å²) in [6, 6.07) is 19.1. The van der Waals surface area contributed by atoms with Crippen LogP contribution in [0.1, 0.15) is 271 Å². The quantitative estimate of drug-likeness (QED) is 0.0291. The maximum Gasteiger partial charge on any atom is 0.128 e. The normalized spacial score (nSPS) is 13.6. The van der Waals surface area contributed by atoms with Gasteiger partial charge in [0.15, 0.2) is 0 Å². The highest BCUT2D eigenvalue weighted by atomic mass is 16.5. The fraction of sp³-hybridized carbons (Fsp3) is 0.797. The molecule has 0 aromatic heterocycles. The SMILES string of the molecule is C=COC(C(C)NCCCCCCCCNCCCCCNc1ccc(CC(C)CCCCCCCCC)cc1)C(C)NCCCCCCCCNCCCCCNc1ccc(CC(C)CCCCCCCCC)cc1. The van der Waals surface area contributed by atoms with Crippen LogP contribution in [0.2, 0.25) is 0 Å². The first-order valence-corrected chi connectivity index (χ1v) is 33.2. The molecule has 76 heavy (non-hydrogen) atoms. The van der Waals surface area contributed by atoms with Crippen LogP contribution in [0.4, 0.5) is 11.4 Å². The van der Waals surface area contributed by atoms with Crippen molar-refractivity contribution in [2.75, 3.05) is 63.0 Å². The van der Waals surface area contributed by atoms with Crippen LogP contribution in [-0.2, 0) is 17.6 Å². The van der Waals surface area contributed by atoms with Crippen molar-refractivity contribution in [3.05, 3.63) is 72.5 Å². The fourth-order valence-corrected chi connectivity index (χ4v) is 11.1. The predicted molar refractivity (Wildman–Crippen MR) is 340 cm³/mol. The highest BCUT2D eigenvalue weighted by Crippen LogP contribution is 2.21. The monoisotopic (exact) mass is 1060 g/mol. The Hall–Kier alpha value is -2.58. The third-order valence-corrected chi connectivity index (χ3v) is 16.1. The molecule has 2 aromatic carbocycles. The number of anilines is 2. The topological polar surface area (TPSA) is 81.4 Å². The van der Waals surface area contributed by atoms with Crippen molar-refractivity contribution in [1.82, 2.24) is 21.3 Å². The molecule has 0 fully saturated rings. The largest absolute Gasteiger partial charge is 0.495 e. The first kappa shape index (κ1) is 69.5. The van der Waals surface area contributed by atoms with Gasteiger partial charge >= 0.3 is 0 Å². The number of rotatable bonds is 58. The van der Waals surface area contributed by atoms with Gasteiger partial charge in [-0.2, -0.15) is 0 Å². The van der Waals surface area contributed by atoms with Gasteiger partial charge in [-0.1, -0.05) is 225 Å². The van der Waals surface area contributed by atoms with Crippen LogP contribution in [0, 0.1) is 11.8 Å². The van der Waals surface area contributed by atoms with E-state index in [0.29, 0.717) is 0 Å². The van der Waals surface area contributed by atoms with E-state index in [2.05, 4.69) is 129 Å². The molecule has 0 saturated carbocycles. The number of benzene rings is 2. The molecule has 7 heteroatoms. The van der Waals surface area contributed by atoms with Crippen LogP contribution in [0.15, 0.2) is 61.4 Å². The zero-order valence-corrected chi connectivity index (χ0v) is 51.3. The van der Waals surface area contributed by atoms with Crippen LogP contribution in [-0.4, -0.2) is 70.5 Å². The van der Waals surface area contributed by atoms with Gasteiger partial charge in [-0.3, -0.25) is 0 Å². The van der Waals surface area contributed by atoms with E-state index in [0.717, 1.165) is 64.2 Å². The Kier molecular flexibility index (Phi) is 47.4. The maximum absolute atomic E-state index is 6.03. The van der Waals surface area contributed by atoms with Crippen LogP contribution in [0.5, 0.6) is 0 Å². The lowest BCUT2D eigenvalue weighted by Gasteiger charge is -2.30. The molecule has 4 unspecified atom stereocenters. The second kappa shape index (κ2) is 51.8. The molecule has 0 bridgehead atoms. The van der Waals surface area contributed by atoms with Crippen molar-refractivity contribution in [2.24, 2.45) is 11.8 Å². The standard InChI is InChI=1S/C69H128N6O/c1-8-11-13-15-17-23-31-41-61(4)59-65-43-47-67(48-44-65)74-57-39-29-35-53-70-51-33-25-19-21-27-37-55-72-63(6)69(76-10-3)64(7)73-56-38-28-22-20-26-34-52-71-54-36-30-40-58-75-68-49-45-66(46-50-68)60-62(5)42-32-24-18-16-14-12-9-2/h10,43-50,61-64,69-75H,3,8-9,11-42,51-60H2,1-2,4-7H3. The minimum absolute atomic E-state index is 0.0861. The Morgan fingerprint density at radius 1 is 0.368 bits per heavy atom. The van der Waals surface area contributed by atoms with Crippen molar-refractivity contribution in [1.29, 1.82) is 0 Å². The zero-order chi connectivity index (χ0) is 54.6. The summed E-state index contributed by atoms with van der Waals surface area (Å²) >= 11 is 0. The van der Waals surface area contributed by atoms with Gasteiger partial charge in [0.1, 0.15) is 6.10 Å². The number of unbranched alkanes of at least 4 members (excludes halogenated alkanes) is 26. The van der Waals surface area contributed by atoms with Gasteiger partial charge in [0.2, 0.25) is 0 Å². The predicted octanol–water partition coefficient (Wildman–Crippen LogP) is 18.5. The average Bonchev–Trinajstić information content (AvgIpc) is 3.42. The summed E-state index contributed by atoms with van der Waals surface area (Å²) in [6.45, 7) is 26.7. The Balaban J connectivity index is 1.32. The number of nitrogens with one attached hydrogen (secondary N) is 6. The molecule has 440 valence electrons. The summed E-state index contributed by atoms with van der Waals surface area (Å²) < 4.78 is 6.03. The molecule has 0 saturated heterocycles. The van der Waals surface area contributed by atoms with E-state index in [1.807, 2.05) is 0 Å². The first-order chi connectivity index (χ1) is 37.4. The highest BCUT2D eigenvalue weighted by Gasteiger charge is 2.23. The highest BCUT2D eigenvalue weighted by molar-refractivity contribution is 5.45. The fourth-order valence-electron chi connectivity index (χ4n) is 11.1. The van der Waals surface area contributed by atoms with E-state index in [1.165, 1.54) is 254 Å². The Morgan fingerprint density at radius 2 is 0.658 bits per heavy atom. The molecule has 2 aromatic rings. The van der Waals surface area contributed by atoms with Gasteiger partial charge < -0.3 is 36.6 Å². The van der Waals surface area contributed by atoms with Crippen molar-refractivity contribution < 1.29 is 4.74 Å². The van der Waals surface area contributed by atoms with E-state index < -0.39 is 0 Å². The van der Waals surface area contributed by atoms with Crippen LogP contribution < -0.4 is 31.9 Å². The molecule has 0 aliphatic heterocycles. The second-order valence-corrected chi connectivity index (χ2v) is 23.8. The molecule has 0 heterocycles. The Morgan fingerprint density at radius 3 is 1.00 bits per heavy atom. The second-order valence-electron chi connectivity index (χ2n) is 23.8. The van der Waals surface area contributed by atoms with Gasteiger partial charge in [0.25, 0.3) is 0 Å². The minimum Gasteiger partial charge on any atom is -0.495 e. The number of ether oxygens (including phenoxy) is 1. The molecule has 0 amide bonds. The zero-order valence-electron chi connectivity index (χ0n) is 51.3. The lowest BCUT2D eigenvalue weighted by Crippen LogP contribution is -2.50. The molecule has 2 rings (SSSR count). The van der Waals surface area contributed by atoms with Crippen molar-refractivity contribution in [2.45, 2.75) is 291 Å². The molecule has 0 aliphatic rings. The summed E-state index contributed by atoms with van der Waals surface area (Å²) in [4.78, 5) is 0. The molecular formula is C69H128N6O. The average molecular weight is 1060 g/mol. The van der Waals surface area contributed by atoms with E-state index in [-0.39, 0.29) is 18.2 Å². The van der Waals surface area contributed by atoms with Gasteiger partial charge in [-0.25, -0.2) is 0 Å². The molecular weight excluding hydrogens is 929 g/mol. The van der Waals surface area contributed by atoms with Gasteiger partial charge in [0.05, 0.1) is 6.26 Å². The lowest BCUT2D eigenvalue weighted by molar-refractivity contribution is 0.0792. The van der Waals surface area contributed by atoms with Gasteiger partial charge in [-0.05, 0) is 165 Å². The summed E-state index contributed by atoms with van der Waals surface area (Å²) in [6.07, 6.45) is 49.8.